The molecule has 0 heterocycles. The fourth-order valence-electron chi connectivity index (χ4n) is 0. The van der Waals surface area contributed by atoms with Gasteiger partial charge in [0.1, 0.15) is 0 Å². The van der Waals surface area contributed by atoms with E-state index in [1.807, 2.05) is 0 Å². The van der Waals surface area contributed by atoms with Crippen LogP contribution in [0.25, 0.3) is 0 Å². The van der Waals surface area contributed by atoms with E-state index in [9.17, 15) is 0 Å². The Morgan fingerprint density at radius 1 is 1.10 bits per heavy atom. The third-order valence-corrected chi connectivity index (χ3v) is 1.84. The van der Waals surface area contributed by atoms with Gasteiger partial charge in [0.25, 0.3) is 0 Å². The largest absolute Gasteiger partial charge is 0.421 e. The third kappa shape index (κ3) is 34.8. The Morgan fingerprint density at radius 2 is 1.20 bits per heavy atom. The van der Waals surface area contributed by atoms with Crippen molar-refractivity contribution in [1.29, 1.82) is 0 Å². The molecule has 0 rings (SSSR count). The predicted molar refractivity (Wildman–Crippen MR) is 55.1 cm³/mol. The second-order valence-corrected chi connectivity index (χ2v) is 13.6. The zero-order valence-electron chi connectivity index (χ0n) is 6.62. The summed E-state index contributed by atoms with van der Waals surface area (Å²) in [6.07, 6.45) is 0. The van der Waals surface area contributed by atoms with Gasteiger partial charge in [0.05, 0.1) is 0 Å². The van der Waals surface area contributed by atoms with Crippen LogP contribution in [0.5, 0.6) is 0 Å². The molecule has 6 heteroatoms. The maximum atomic E-state index is 5.08. The van der Waals surface area contributed by atoms with E-state index in [2.05, 4.69) is 19.6 Å². The topological polar surface area (TPSA) is 9.23 Å². The lowest BCUT2D eigenvalue weighted by Gasteiger charge is -2.10. The number of hydrogen-bond acceptors (Lipinski definition) is 1. The summed E-state index contributed by atoms with van der Waals surface area (Å²) in [5, 5.41) is 0. The average molecular weight is 240 g/mol. The summed E-state index contributed by atoms with van der Waals surface area (Å²) in [6.45, 7) is 4.76. The Labute approximate surface area is 79.5 Å². The Kier molecular flexibility index (Phi) is 9.60. The molecule has 0 saturated carbocycles. The van der Waals surface area contributed by atoms with E-state index >= 15 is 0 Å². The summed E-state index contributed by atoms with van der Waals surface area (Å²) < 4.78 is 5.08. The van der Waals surface area contributed by atoms with E-state index < -0.39 is 15.0 Å². The SMILES string of the molecule is CO[Si](C)(C)C.Cl[SiH](Cl)Cl. The Bertz CT molecular complexity index is 70.6. The van der Waals surface area contributed by atoms with Crippen LogP contribution in [0.4, 0.5) is 0 Å². The molecule has 10 heavy (non-hydrogen) atoms. The first-order chi connectivity index (χ1) is 4.29. The fraction of sp³-hybridized carbons (Fsp3) is 1.00. The Morgan fingerprint density at radius 3 is 1.20 bits per heavy atom. The van der Waals surface area contributed by atoms with Crippen molar-refractivity contribution < 1.29 is 4.43 Å². The highest BCUT2D eigenvalue weighted by molar-refractivity contribution is 7.54. The van der Waals surface area contributed by atoms with Gasteiger partial charge >= 0.3 is 6.73 Å². The van der Waals surface area contributed by atoms with Crippen molar-refractivity contribution in [2.24, 2.45) is 0 Å². The molecule has 0 aliphatic rings. The van der Waals surface area contributed by atoms with Crippen LogP contribution in [-0.2, 0) is 4.43 Å². The van der Waals surface area contributed by atoms with Crippen LogP contribution >= 0.6 is 33.2 Å². The first-order valence-electron chi connectivity index (χ1n) is 2.77. The van der Waals surface area contributed by atoms with Crippen LogP contribution in [0.2, 0.25) is 19.6 Å². The zero-order valence-corrected chi connectivity index (χ0v) is 11.0. The third-order valence-electron chi connectivity index (χ3n) is 0.612. The standard InChI is InChI=1S/C4H12OSi.Cl3HSi/c1-5-6(2,3)4;1-4(2)3/h1-4H3;4H. The van der Waals surface area contributed by atoms with Crippen molar-refractivity contribution >= 4 is 48.3 Å². The summed E-state index contributed by atoms with van der Waals surface area (Å²) in [7, 11) is 0.639. The molecule has 0 radical (unpaired) electrons. The Hall–Kier alpha value is 1.26. The van der Waals surface area contributed by atoms with E-state index in [0.717, 1.165) is 0 Å². The van der Waals surface area contributed by atoms with Crippen LogP contribution in [0.15, 0.2) is 0 Å². The van der Waals surface area contributed by atoms with Crippen molar-refractivity contribution in [2.75, 3.05) is 7.11 Å². The average Bonchev–Trinajstić information content (AvgIpc) is 1.63. The van der Waals surface area contributed by atoms with E-state index in [1.54, 1.807) is 7.11 Å². The van der Waals surface area contributed by atoms with Crippen molar-refractivity contribution in [1.82, 2.24) is 0 Å². The van der Waals surface area contributed by atoms with Gasteiger partial charge in [-0.25, -0.2) is 0 Å². The lowest BCUT2D eigenvalue weighted by molar-refractivity contribution is 0.411. The summed E-state index contributed by atoms with van der Waals surface area (Å²) in [5.74, 6) is 0. The molecule has 0 N–H and O–H groups in total. The van der Waals surface area contributed by atoms with Crippen LogP contribution in [0.1, 0.15) is 0 Å². The molecule has 0 aliphatic carbocycles. The number of hydrogen-bond donors (Lipinski definition) is 0. The normalized spacial score (nSPS) is 10.8. The van der Waals surface area contributed by atoms with Crippen molar-refractivity contribution in [3.63, 3.8) is 0 Å². The molecule has 64 valence electrons. The molecule has 0 aromatic heterocycles. The molecule has 1 nitrogen and oxygen atoms in total. The summed E-state index contributed by atoms with van der Waals surface area (Å²) in [6, 6.07) is 0. The van der Waals surface area contributed by atoms with Gasteiger partial charge < -0.3 is 4.43 Å². The van der Waals surface area contributed by atoms with Gasteiger partial charge in [0.15, 0.2) is 8.32 Å². The molecule has 0 spiro atoms. The van der Waals surface area contributed by atoms with Crippen LogP contribution < -0.4 is 0 Å². The van der Waals surface area contributed by atoms with Crippen LogP contribution in [-0.4, -0.2) is 22.2 Å². The lowest BCUT2D eigenvalue weighted by atomic mass is 11.8. The van der Waals surface area contributed by atoms with Gasteiger partial charge in [-0.3, -0.25) is 0 Å². The molecule has 0 aromatic carbocycles. The van der Waals surface area contributed by atoms with E-state index in [0.29, 0.717) is 0 Å². The second kappa shape index (κ2) is 6.94. The molecule has 0 bridgehead atoms. The predicted octanol–water partition coefficient (Wildman–Crippen LogP) is 2.89. The molecule has 0 saturated heterocycles. The first kappa shape index (κ1) is 13.8. The quantitative estimate of drug-likeness (QED) is 0.505. The molecular formula is C4H13Cl3OSi2. The first-order valence-corrected chi connectivity index (χ1v) is 11.4. The van der Waals surface area contributed by atoms with Gasteiger partial charge in [0.2, 0.25) is 0 Å². The molecular weight excluding hydrogens is 227 g/mol. The zero-order chi connectivity index (χ0) is 8.78. The molecule has 0 aromatic rings. The van der Waals surface area contributed by atoms with Crippen molar-refractivity contribution in [2.45, 2.75) is 19.6 Å². The van der Waals surface area contributed by atoms with Gasteiger partial charge in [0, 0.05) is 7.11 Å². The van der Waals surface area contributed by atoms with Crippen molar-refractivity contribution in [3.05, 3.63) is 0 Å². The second-order valence-electron chi connectivity index (χ2n) is 2.56. The smallest absolute Gasteiger partial charge is 0.326 e. The molecule has 0 amide bonds. The Balaban J connectivity index is 0. The summed E-state index contributed by atoms with van der Waals surface area (Å²) in [5.41, 5.74) is 0. The van der Waals surface area contributed by atoms with Gasteiger partial charge in [-0.15, -0.1) is 33.2 Å². The highest BCUT2D eigenvalue weighted by Gasteiger charge is 2.09. The monoisotopic (exact) mass is 238 g/mol. The molecule has 0 aliphatic heterocycles. The van der Waals surface area contributed by atoms with Crippen LogP contribution in [0.3, 0.4) is 0 Å². The highest BCUT2D eigenvalue weighted by Crippen LogP contribution is 1.97. The molecule has 0 unspecified atom stereocenters. The molecule has 0 fully saturated rings. The fourth-order valence-corrected chi connectivity index (χ4v) is 0. The maximum Gasteiger partial charge on any atom is 0.326 e. The van der Waals surface area contributed by atoms with Crippen LogP contribution in [0, 0.1) is 0 Å². The number of rotatable bonds is 1. The maximum absolute atomic E-state index is 5.08. The minimum atomic E-state index is -1.72. The number of halogens is 3. The van der Waals surface area contributed by atoms with E-state index in [-0.39, 0.29) is 0 Å². The minimum absolute atomic E-state index is 1.13. The van der Waals surface area contributed by atoms with E-state index in [4.69, 9.17) is 37.7 Å². The molecule has 0 atom stereocenters. The van der Waals surface area contributed by atoms with Gasteiger partial charge in [-0.05, 0) is 19.6 Å². The minimum Gasteiger partial charge on any atom is -0.421 e. The van der Waals surface area contributed by atoms with E-state index in [1.165, 1.54) is 0 Å². The highest BCUT2D eigenvalue weighted by atomic mass is 35.8. The lowest BCUT2D eigenvalue weighted by Crippen LogP contribution is -2.22. The van der Waals surface area contributed by atoms with Gasteiger partial charge in [-0.1, -0.05) is 0 Å². The van der Waals surface area contributed by atoms with Gasteiger partial charge in [-0.2, -0.15) is 0 Å². The summed E-state index contributed by atoms with van der Waals surface area (Å²) in [4.78, 5) is 0. The summed E-state index contributed by atoms with van der Waals surface area (Å²) >= 11 is 14.8. The van der Waals surface area contributed by atoms with Crippen molar-refractivity contribution in [3.8, 4) is 0 Å².